The van der Waals surface area contributed by atoms with Gasteiger partial charge in [0, 0.05) is 47.6 Å². The SMILES string of the molecule is COc1ccc(CN(Cc2ccc(OC)cc2)c2nccnc2[C@@H](C)N2CCOc3nc(-c4c(F)c(N)c(F)c(C)c4I)c(F)c4nc(OC[C@@]56CCCN5C[C@H](F)C6)nc2c34)cc1. The van der Waals surface area contributed by atoms with Gasteiger partial charge < -0.3 is 34.5 Å². The molecule has 0 amide bonds. The van der Waals surface area contributed by atoms with Gasteiger partial charge in [0.15, 0.2) is 23.3 Å². The molecule has 9 rings (SSSR count). The van der Waals surface area contributed by atoms with E-state index in [1.807, 2.05) is 60.4 Å². The summed E-state index contributed by atoms with van der Waals surface area (Å²) in [5.74, 6) is -0.898. The Morgan fingerprint density at radius 1 is 0.922 bits per heavy atom. The first-order valence-corrected chi connectivity index (χ1v) is 22.0. The minimum atomic E-state index is -1.16. The van der Waals surface area contributed by atoms with Crippen LogP contribution in [0.15, 0.2) is 60.9 Å². The summed E-state index contributed by atoms with van der Waals surface area (Å²) < 4.78 is 86.7. The van der Waals surface area contributed by atoms with Gasteiger partial charge in [-0.2, -0.15) is 9.97 Å². The third-order valence-corrected chi connectivity index (χ3v) is 13.9. The van der Waals surface area contributed by atoms with Crippen molar-refractivity contribution in [3.05, 3.63) is 104 Å². The molecule has 64 heavy (non-hydrogen) atoms. The van der Waals surface area contributed by atoms with E-state index in [1.165, 1.54) is 6.92 Å². The second kappa shape index (κ2) is 17.7. The minimum absolute atomic E-state index is 0.0332. The Morgan fingerprint density at radius 2 is 1.59 bits per heavy atom. The lowest BCUT2D eigenvalue weighted by atomic mass is 9.95. The number of ether oxygens (including phenoxy) is 4. The molecular formula is C46H46F4IN9O4. The maximum atomic E-state index is 17.4. The highest BCUT2D eigenvalue weighted by atomic mass is 127. The number of hydrogen-bond acceptors (Lipinski definition) is 13. The third-order valence-electron chi connectivity index (χ3n) is 12.5. The van der Waals surface area contributed by atoms with E-state index in [0.717, 1.165) is 42.0 Å². The van der Waals surface area contributed by atoms with Gasteiger partial charge in [0.25, 0.3) is 0 Å². The molecule has 0 aliphatic carbocycles. The van der Waals surface area contributed by atoms with Gasteiger partial charge >= 0.3 is 6.01 Å². The van der Waals surface area contributed by atoms with Gasteiger partial charge in [-0.25, -0.2) is 27.5 Å². The molecule has 18 heteroatoms. The normalized spacial score (nSPS) is 18.7. The number of hydrogen-bond donors (Lipinski definition) is 1. The van der Waals surface area contributed by atoms with Crippen LogP contribution in [0.2, 0.25) is 0 Å². The Balaban J connectivity index is 1.17. The van der Waals surface area contributed by atoms with Crippen molar-refractivity contribution < 1.29 is 36.5 Å². The van der Waals surface area contributed by atoms with E-state index >= 15 is 8.78 Å². The first-order valence-electron chi connectivity index (χ1n) is 21.0. The summed E-state index contributed by atoms with van der Waals surface area (Å²) in [5, 5.41) is 0.115. The topological polar surface area (TPSA) is 137 Å². The summed E-state index contributed by atoms with van der Waals surface area (Å²) in [6, 6.07) is 14.9. The molecular weight excluding hydrogens is 945 g/mol. The van der Waals surface area contributed by atoms with Crippen LogP contribution in [0.1, 0.15) is 54.6 Å². The predicted octanol–water partition coefficient (Wildman–Crippen LogP) is 8.53. The monoisotopic (exact) mass is 991 g/mol. The number of anilines is 3. The Hall–Kier alpha value is -5.76. The van der Waals surface area contributed by atoms with Crippen LogP contribution in [0.4, 0.5) is 34.9 Å². The van der Waals surface area contributed by atoms with Crippen molar-refractivity contribution in [3.8, 4) is 34.6 Å². The lowest BCUT2D eigenvalue weighted by Gasteiger charge is -2.33. The molecule has 0 saturated carbocycles. The summed E-state index contributed by atoms with van der Waals surface area (Å²) in [7, 11) is 3.24. The van der Waals surface area contributed by atoms with Crippen LogP contribution in [0, 0.1) is 27.9 Å². The average molecular weight is 992 g/mol. The number of nitrogens with two attached hydrogens (primary N) is 1. The van der Waals surface area contributed by atoms with Crippen molar-refractivity contribution in [2.45, 2.75) is 64.0 Å². The molecule has 2 N–H and O–H groups in total. The standard InChI is InChI=1S/C46H46F4IN9O4/c1-25-34(48)38(52)35(49)32(37(25)51)40-36(50)41-33-42(57-45(56-41)64-24-46-14-5-17-59(46)23-29(47)20-46)60(18-19-63-44(33)55-40)26(2)39-43(54-16-15-53-39)58(21-27-6-10-30(61-3)11-7-27)22-28-8-12-31(62-4)13-9-28/h6-13,15-16,26,29H,5,14,17-24,52H2,1-4H3/t26-,29-,46+/m1/s1. The zero-order chi connectivity index (χ0) is 44.9. The van der Waals surface area contributed by atoms with Crippen molar-refractivity contribution in [2.24, 2.45) is 0 Å². The summed E-state index contributed by atoms with van der Waals surface area (Å²) >= 11 is 1.76. The quantitative estimate of drug-likeness (QED) is 0.0673. The fourth-order valence-electron chi connectivity index (χ4n) is 9.17. The minimum Gasteiger partial charge on any atom is -0.497 e. The van der Waals surface area contributed by atoms with Crippen LogP contribution < -0.4 is 34.5 Å². The number of fused-ring (bicyclic) bond motifs is 1. The Labute approximate surface area is 381 Å². The van der Waals surface area contributed by atoms with Gasteiger partial charge in [0.2, 0.25) is 5.88 Å². The van der Waals surface area contributed by atoms with Crippen molar-refractivity contribution in [1.29, 1.82) is 0 Å². The van der Waals surface area contributed by atoms with Crippen molar-refractivity contribution in [2.75, 3.05) is 62.6 Å². The first-order chi connectivity index (χ1) is 30.9. The first kappa shape index (κ1) is 43.5. The smallest absolute Gasteiger partial charge is 0.319 e. The molecule has 0 unspecified atom stereocenters. The molecule has 3 aliphatic heterocycles. The van der Waals surface area contributed by atoms with Gasteiger partial charge in [-0.05, 0) is 91.2 Å². The molecule has 3 aromatic carbocycles. The van der Waals surface area contributed by atoms with Gasteiger partial charge in [-0.1, -0.05) is 24.3 Å². The van der Waals surface area contributed by atoms with Crippen LogP contribution >= 0.6 is 22.6 Å². The summed E-state index contributed by atoms with van der Waals surface area (Å²) in [4.78, 5) is 30.0. The number of nitrogen functional groups attached to an aromatic ring is 1. The van der Waals surface area contributed by atoms with E-state index in [4.69, 9.17) is 39.6 Å². The molecule has 3 atom stereocenters. The lowest BCUT2D eigenvalue weighted by molar-refractivity contribution is 0.107. The summed E-state index contributed by atoms with van der Waals surface area (Å²) in [6.07, 6.45) is 4.14. The Bertz CT molecular complexity index is 2640. The summed E-state index contributed by atoms with van der Waals surface area (Å²) in [5.41, 5.74) is 6.11. The number of benzene rings is 3. The Kier molecular flexibility index (Phi) is 12.0. The molecule has 334 valence electrons. The van der Waals surface area contributed by atoms with E-state index in [0.29, 0.717) is 37.6 Å². The number of rotatable bonds is 13. The highest BCUT2D eigenvalue weighted by Gasteiger charge is 2.49. The highest BCUT2D eigenvalue weighted by Crippen LogP contribution is 2.46. The largest absolute Gasteiger partial charge is 0.497 e. The van der Waals surface area contributed by atoms with Crippen LogP contribution in [0.3, 0.4) is 0 Å². The summed E-state index contributed by atoms with van der Waals surface area (Å²) in [6.45, 7) is 5.65. The van der Waals surface area contributed by atoms with Gasteiger partial charge in [-0.15, -0.1) is 0 Å². The maximum Gasteiger partial charge on any atom is 0.319 e. The number of pyridine rings is 1. The second-order valence-corrected chi connectivity index (χ2v) is 17.5. The predicted molar refractivity (Wildman–Crippen MR) is 242 cm³/mol. The zero-order valence-corrected chi connectivity index (χ0v) is 37.8. The van der Waals surface area contributed by atoms with Crippen molar-refractivity contribution in [3.63, 3.8) is 0 Å². The fourth-order valence-corrected chi connectivity index (χ4v) is 9.90. The number of aromatic nitrogens is 5. The van der Waals surface area contributed by atoms with E-state index < -0.39 is 46.6 Å². The van der Waals surface area contributed by atoms with Crippen LogP contribution in [0.5, 0.6) is 23.4 Å². The molecule has 3 aromatic heterocycles. The fraction of sp³-hybridized carbons (Fsp3) is 0.370. The van der Waals surface area contributed by atoms with Crippen LogP contribution in [-0.4, -0.2) is 88.6 Å². The van der Waals surface area contributed by atoms with E-state index in [2.05, 4.69) is 19.8 Å². The molecule has 6 heterocycles. The number of alkyl halides is 1. The molecule has 6 aromatic rings. The second-order valence-electron chi connectivity index (χ2n) is 16.4. The zero-order valence-electron chi connectivity index (χ0n) is 35.7. The van der Waals surface area contributed by atoms with Gasteiger partial charge in [-0.3, -0.25) is 9.88 Å². The molecule has 0 bridgehead atoms. The van der Waals surface area contributed by atoms with Crippen molar-refractivity contribution in [1.82, 2.24) is 29.8 Å². The number of halogens is 5. The third kappa shape index (κ3) is 7.92. The van der Waals surface area contributed by atoms with Gasteiger partial charge in [0.05, 0.1) is 37.9 Å². The van der Waals surface area contributed by atoms with Gasteiger partial charge in [0.1, 0.15) is 64.7 Å². The number of nitrogens with zero attached hydrogens (tertiary/aromatic N) is 8. The Morgan fingerprint density at radius 3 is 2.27 bits per heavy atom. The molecule has 13 nitrogen and oxygen atoms in total. The van der Waals surface area contributed by atoms with Crippen molar-refractivity contribution >= 4 is 50.8 Å². The van der Waals surface area contributed by atoms with Crippen LogP contribution in [0.25, 0.3) is 22.2 Å². The number of methoxy groups -OCH3 is 2. The maximum absolute atomic E-state index is 17.4. The average Bonchev–Trinajstić information content (AvgIpc) is 3.78. The van der Waals surface area contributed by atoms with E-state index in [1.54, 1.807) is 49.2 Å². The molecule has 0 radical (unpaired) electrons. The molecule has 0 spiro atoms. The molecule has 3 aliphatic rings. The molecule has 2 saturated heterocycles. The highest BCUT2D eigenvalue weighted by molar-refractivity contribution is 14.1. The van der Waals surface area contributed by atoms with E-state index in [-0.39, 0.29) is 63.1 Å². The van der Waals surface area contributed by atoms with E-state index in [9.17, 15) is 8.78 Å². The molecule has 2 fully saturated rings. The lowest BCUT2D eigenvalue weighted by Crippen LogP contribution is -2.43. The van der Waals surface area contributed by atoms with Crippen LogP contribution in [-0.2, 0) is 13.1 Å².